The predicted octanol–water partition coefficient (Wildman–Crippen LogP) is 4.93. The molecule has 3 atom stereocenters. The first-order valence-corrected chi connectivity index (χ1v) is 15.7. The number of anilines is 4. The number of amides is 1. The normalized spacial score (nSPS) is 27.8. The van der Waals surface area contributed by atoms with Crippen LogP contribution in [0, 0.1) is 11.8 Å². The van der Waals surface area contributed by atoms with Crippen LogP contribution in [0.5, 0.6) is 0 Å². The minimum absolute atomic E-state index is 0.00314. The molecule has 1 saturated heterocycles. The summed E-state index contributed by atoms with van der Waals surface area (Å²) in [6, 6.07) is 4.81. The lowest BCUT2D eigenvalue weighted by Crippen LogP contribution is -2.52. The number of carbonyl (C=O) groups excluding carboxylic acids is 1. The number of nitrogens with zero attached hydrogens (tertiary/aromatic N) is 4. The Morgan fingerprint density at radius 2 is 1.77 bits per heavy atom. The number of primary amides is 1. The number of fused-ring (bicyclic) bond motifs is 2. The molecule has 1 amide bonds. The van der Waals surface area contributed by atoms with E-state index in [0.29, 0.717) is 49.9 Å². The maximum atomic E-state index is 14.4. The highest BCUT2D eigenvalue weighted by molar-refractivity contribution is 5.96. The van der Waals surface area contributed by atoms with Crippen molar-refractivity contribution in [3.8, 4) is 0 Å². The van der Waals surface area contributed by atoms with Crippen LogP contribution in [0.4, 0.5) is 36.2 Å². The van der Waals surface area contributed by atoms with Gasteiger partial charge in [-0.25, -0.2) is 9.97 Å². The largest absolute Gasteiger partial charge is 0.418 e. The number of nitrogens with one attached hydrogen (secondary N) is 2. The molecule has 4 aliphatic rings. The number of carbonyl (C=O) groups is 1. The molecule has 3 unspecified atom stereocenters. The number of alkyl halides is 3. The van der Waals surface area contributed by atoms with E-state index in [1.54, 1.807) is 6.07 Å². The molecule has 0 spiro atoms. The topological polar surface area (TPSA) is 120 Å². The van der Waals surface area contributed by atoms with Crippen LogP contribution in [0.15, 0.2) is 18.2 Å². The number of rotatable bonds is 8. The number of benzene rings is 1. The predicted molar refractivity (Wildman–Crippen MR) is 160 cm³/mol. The number of nitrogens with two attached hydrogens (primary N) is 1. The summed E-state index contributed by atoms with van der Waals surface area (Å²) in [7, 11) is 0. The zero-order valence-corrected chi connectivity index (χ0v) is 24.7. The molecule has 43 heavy (non-hydrogen) atoms. The molecule has 1 aromatic heterocycles. The Morgan fingerprint density at radius 1 is 1.02 bits per heavy atom. The van der Waals surface area contributed by atoms with Gasteiger partial charge in [0.15, 0.2) is 11.5 Å². The number of halogens is 3. The van der Waals surface area contributed by atoms with Crippen molar-refractivity contribution in [2.24, 2.45) is 17.6 Å². The number of piperazine rings is 1. The summed E-state index contributed by atoms with van der Waals surface area (Å²) in [5.41, 5.74) is 5.60. The monoisotopic (exact) mass is 601 g/mol. The van der Waals surface area contributed by atoms with Crippen LogP contribution in [-0.2, 0) is 12.6 Å². The van der Waals surface area contributed by atoms with E-state index >= 15 is 0 Å². The van der Waals surface area contributed by atoms with Crippen LogP contribution in [0.25, 0.3) is 0 Å². The third kappa shape index (κ3) is 6.40. The number of aryl methyl sites for hydroxylation is 1. The first-order chi connectivity index (χ1) is 20.6. The first-order valence-electron chi connectivity index (χ1n) is 15.7. The molecule has 5 N–H and O–H groups in total. The van der Waals surface area contributed by atoms with Gasteiger partial charge in [-0.05, 0) is 81.4 Å². The van der Waals surface area contributed by atoms with E-state index < -0.39 is 17.6 Å². The molecule has 12 heteroatoms. The van der Waals surface area contributed by atoms with Gasteiger partial charge >= 0.3 is 6.18 Å². The lowest BCUT2D eigenvalue weighted by atomic mass is 9.93. The molecular weight excluding hydrogens is 559 g/mol. The Kier molecular flexibility index (Phi) is 8.43. The van der Waals surface area contributed by atoms with Crippen LogP contribution in [0.1, 0.15) is 80.0 Å². The maximum absolute atomic E-state index is 14.4. The summed E-state index contributed by atoms with van der Waals surface area (Å²) >= 11 is 0. The second kappa shape index (κ2) is 12.1. The summed E-state index contributed by atoms with van der Waals surface area (Å²) in [4.78, 5) is 25.7. The van der Waals surface area contributed by atoms with Crippen molar-refractivity contribution in [2.75, 3.05) is 41.7 Å². The molecule has 1 aromatic carbocycles. The van der Waals surface area contributed by atoms with Gasteiger partial charge in [0.2, 0.25) is 0 Å². The second-order valence-corrected chi connectivity index (χ2v) is 12.7. The van der Waals surface area contributed by atoms with Gasteiger partial charge in [0, 0.05) is 49.6 Å². The number of aliphatic hydroxyl groups is 1. The molecule has 3 aliphatic carbocycles. The van der Waals surface area contributed by atoms with Gasteiger partial charge in [-0.2, -0.15) is 13.2 Å². The van der Waals surface area contributed by atoms with Crippen LogP contribution in [-0.4, -0.2) is 70.2 Å². The molecule has 0 radical (unpaired) electrons. The Hall–Kier alpha value is -3.12. The number of aliphatic hydroxyl groups excluding tert-OH is 1. The number of hydrogen-bond donors (Lipinski definition) is 4. The summed E-state index contributed by atoms with van der Waals surface area (Å²) in [5, 5.41) is 16.1. The summed E-state index contributed by atoms with van der Waals surface area (Å²) < 4.78 is 43.2. The molecule has 2 bridgehead atoms. The van der Waals surface area contributed by atoms with Crippen molar-refractivity contribution < 1.29 is 23.1 Å². The Morgan fingerprint density at radius 3 is 2.37 bits per heavy atom. The minimum Gasteiger partial charge on any atom is -0.393 e. The van der Waals surface area contributed by atoms with Crippen molar-refractivity contribution in [3.05, 3.63) is 35.2 Å². The number of aromatic nitrogens is 2. The van der Waals surface area contributed by atoms with Crippen molar-refractivity contribution in [3.63, 3.8) is 0 Å². The van der Waals surface area contributed by atoms with E-state index in [2.05, 4.69) is 25.5 Å². The molecule has 9 nitrogen and oxygen atoms in total. The maximum Gasteiger partial charge on any atom is 0.418 e. The van der Waals surface area contributed by atoms with Gasteiger partial charge in [-0.15, -0.1) is 0 Å². The molecule has 234 valence electrons. The zero-order chi connectivity index (χ0) is 30.3. The quantitative estimate of drug-likeness (QED) is 0.337. The molecule has 6 rings (SSSR count). The van der Waals surface area contributed by atoms with Crippen LogP contribution < -0.4 is 21.3 Å². The Balaban J connectivity index is 1.22. The van der Waals surface area contributed by atoms with E-state index in [1.807, 2.05) is 11.8 Å². The Bertz CT molecular complexity index is 1320. The van der Waals surface area contributed by atoms with Crippen LogP contribution in [0.2, 0.25) is 0 Å². The standard InChI is InChI=1S/C31H42F3N7O2/c1-2-24-29(36-20-5-8-22(42)9-6-20)39-30(27(38-24)28(35)43)37-21-7-10-25(23(17-21)31(32,33)34)40-11-13-41(14-12-40)26-16-18-3-4-19(26)15-18/h7,10,17-20,22,26,42H,2-6,8-9,11-16H2,1H3,(H2,35,43)(H2,36,37,39)/t18?,19?,20-,22-,26?. The van der Waals surface area contributed by atoms with E-state index in [4.69, 9.17) is 5.73 Å². The SMILES string of the molecule is CCc1nc(C(N)=O)c(Nc2ccc(N3CCN(C4CC5CCC4C5)CC3)c(C(F)(F)F)c2)nc1N[C@H]1CC[C@H](O)CC1. The average molecular weight is 602 g/mol. The van der Waals surface area contributed by atoms with Gasteiger partial charge in [0.05, 0.1) is 17.4 Å². The van der Waals surface area contributed by atoms with Gasteiger partial charge in [-0.3, -0.25) is 9.69 Å². The molecule has 2 heterocycles. The molecule has 1 aliphatic heterocycles. The highest BCUT2D eigenvalue weighted by Gasteiger charge is 2.43. The van der Waals surface area contributed by atoms with Crippen molar-refractivity contribution >= 4 is 28.9 Å². The fourth-order valence-electron chi connectivity index (χ4n) is 7.71. The van der Waals surface area contributed by atoms with Crippen molar-refractivity contribution in [2.45, 2.75) is 89.1 Å². The summed E-state index contributed by atoms with van der Waals surface area (Å²) in [6.45, 7) is 4.51. The van der Waals surface area contributed by atoms with Gasteiger partial charge in [0.1, 0.15) is 5.82 Å². The molecular formula is C31H42F3N7O2. The fraction of sp³-hybridized carbons (Fsp3) is 0.645. The third-order valence-corrected chi connectivity index (χ3v) is 9.96. The van der Waals surface area contributed by atoms with E-state index in [-0.39, 0.29) is 35.0 Å². The van der Waals surface area contributed by atoms with Crippen molar-refractivity contribution in [1.82, 2.24) is 14.9 Å². The van der Waals surface area contributed by atoms with E-state index in [1.165, 1.54) is 31.7 Å². The summed E-state index contributed by atoms with van der Waals surface area (Å²) in [5.74, 6) is 1.22. The smallest absolute Gasteiger partial charge is 0.393 e. The van der Waals surface area contributed by atoms with E-state index in [0.717, 1.165) is 43.8 Å². The third-order valence-electron chi connectivity index (χ3n) is 9.96. The highest BCUT2D eigenvalue weighted by atomic mass is 19.4. The molecule has 4 fully saturated rings. The van der Waals surface area contributed by atoms with Gasteiger partial charge < -0.3 is 26.4 Å². The van der Waals surface area contributed by atoms with Gasteiger partial charge in [-0.1, -0.05) is 13.3 Å². The fourth-order valence-corrected chi connectivity index (χ4v) is 7.71. The van der Waals surface area contributed by atoms with Crippen molar-refractivity contribution in [1.29, 1.82) is 0 Å². The molecule has 3 saturated carbocycles. The minimum atomic E-state index is -4.57. The average Bonchev–Trinajstić information content (AvgIpc) is 3.62. The second-order valence-electron chi connectivity index (χ2n) is 12.7. The number of hydrogen-bond acceptors (Lipinski definition) is 8. The molecule has 2 aromatic rings. The zero-order valence-electron chi connectivity index (χ0n) is 24.7. The Labute approximate surface area is 250 Å². The van der Waals surface area contributed by atoms with Gasteiger partial charge in [0.25, 0.3) is 5.91 Å². The lowest BCUT2D eigenvalue weighted by Gasteiger charge is -2.42. The first kappa shape index (κ1) is 29.9. The highest BCUT2D eigenvalue weighted by Crippen LogP contribution is 2.47. The van der Waals surface area contributed by atoms with E-state index in [9.17, 15) is 23.1 Å². The lowest BCUT2D eigenvalue weighted by molar-refractivity contribution is -0.137. The summed E-state index contributed by atoms with van der Waals surface area (Å²) in [6.07, 6.45) is 3.57. The van der Waals surface area contributed by atoms with Crippen LogP contribution in [0.3, 0.4) is 0 Å². The van der Waals surface area contributed by atoms with Crippen LogP contribution >= 0.6 is 0 Å².